The fourth-order valence-electron chi connectivity index (χ4n) is 2.55. The number of nitrogens with zero attached hydrogens (tertiary/aromatic N) is 1. The molecule has 2 rings (SSSR count). The van der Waals surface area contributed by atoms with E-state index in [2.05, 4.69) is 18.7 Å². The monoisotopic (exact) mass is 244 g/mol. The van der Waals surface area contributed by atoms with Crippen LogP contribution in [0.2, 0.25) is 0 Å². The van der Waals surface area contributed by atoms with E-state index in [0.29, 0.717) is 18.0 Å². The highest BCUT2D eigenvalue weighted by atomic mass is 16.2. The van der Waals surface area contributed by atoms with Crippen LogP contribution in [0.4, 0.5) is 0 Å². The molecule has 3 nitrogen and oxygen atoms in total. The number of benzene rings is 1. The van der Waals surface area contributed by atoms with Crippen molar-refractivity contribution in [3.05, 3.63) is 48.0 Å². The average molecular weight is 244 g/mol. The molecule has 1 fully saturated rings. The molecule has 0 aromatic heterocycles. The topological polar surface area (TPSA) is 46.3 Å². The third-order valence-corrected chi connectivity index (χ3v) is 3.54. The minimum absolute atomic E-state index is 0.00412. The predicted molar refractivity (Wildman–Crippen MR) is 73.2 cm³/mol. The molecular weight excluding hydrogens is 224 g/mol. The summed E-state index contributed by atoms with van der Waals surface area (Å²) in [4.78, 5) is 13.7. The Kier molecular flexibility index (Phi) is 3.82. The van der Waals surface area contributed by atoms with Crippen molar-refractivity contribution >= 4 is 5.91 Å². The van der Waals surface area contributed by atoms with Crippen molar-refractivity contribution in [1.82, 2.24) is 4.90 Å². The molecule has 2 atom stereocenters. The summed E-state index contributed by atoms with van der Waals surface area (Å²) in [5.41, 5.74) is 8.07. The van der Waals surface area contributed by atoms with Gasteiger partial charge in [0.15, 0.2) is 0 Å². The van der Waals surface area contributed by atoms with E-state index in [1.807, 2.05) is 23.1 Å². The lowest BCUT2D eigenvalue weighted by Gasteiger charge is -2.37. The molecule has 0 bridgehead atoms. The summed E-state index contributed by atoms with van der Waals surface area (Å²) in [7, 11) is 0. The van der Waals surface area contributed by atoms with E-state index in [1.54, 1.807) is 6.92 Å². The van der Waals surface area contributed by atoms with Gasteiger partial charge in [-0.1, -0.05) is 36.9 Å². The van der Waals surface area contributed by atoms with Crippen molar-refractivity contribution in [3.8, 4) is 0 Å². The second-order valence-electron chi connectivity index (χ2n) is 5.00. The number of hydrogen-bond acceptors (Lipinski definition) is 2. The largest absolute Gasteiger partial charge is 0.337 e. The summed E-state index contributed by atoms with van der Waals surface area (Å²) in [6.45, 7) is 6.83. The van der Waals surface area contributed by atoms with Gasteiger partial charge in [-0.25, -0.2) is 0 Å². The highest BCUT2D eigenvalue weighted by Gasteiger charge is 2.29. The van der Waals surface area contributed by atoms with Gasteiger partial charge in [0.1, 0.15) is 0 Å². The molecule has 18 heavy (non-hydrogen) atoms. The summed E-state index contributed by atoms with van der Waals surface area (Å²) >= 11 is 0. The van der Waals surface area contributed by atoms with Gasteiger partial charge in [-0.3, -0.25) is 4.79 Å². The van der Waals surface area contributed by atoms with Crippen LogP contribution in [0.1, 0.15) is 24.8 Å². The molecule has 1 heterocycles. The smallest absolute Gasteiger partial charge is 0.248 e. The Bertz CT molecular complexity index is 441. The highest BCUT2D eigenvalue weighted by molar-refractivity contribution is 5.92. The number of amides is 1. The van der Waals surface area contributed by atoms with Crippen LogP contribution in [-0.4, -0.2) is 29.9 Å². The number of rotatable bonds is 2. The van der Waals surface area contributed by atoms with Crippen LogP contribution in [0.3, 0.4) is 0 Å². The van der Waals surface area contributed by atoms with Crippen LogP contribution in [0, 0.1) is 0 Å². The maximum atomic E-state index is 11.9. The van der Waals surface area contributed by atoms with Crippen LogP contribution in [-0.2, 0) is 4.79 Å². The number of likely N-dealkylation sites (tertiary alicyclic amines) is 1. The van der Waals surface area contributed by atoms with Gasteiger partial charge >= 0.3 is 0 Å². The molecule has 1 aliphatic rings. The van der Waals surface area contributed by atoms with E-state index in [4.69, 9.17) is 5.73 Å². The first kappa shape index (κ1) is 12.8. The summed E-state index contributed by atoms with van der Waals surface area (Å²) in [6, 6.07) is 10.3. The summed E-state index contributed by atoms with van der Waals surface area (Å²) < 4.78 is 0. The number of carbonyl (C=O) groups is 1. The standard InChI is InChI=1S/C15H20N2O/c1-11(2)15(18)17-9-8-13(14(16)10-17)12-6-4-3-5-7-12/h3-7,13-14H,1,8-10,16H2,2H3. The Hall–Kier alpha value is -1.61. The lowest BCUT2D eigenvalue weighted by molar-refractivity contribution is -0.128. The molecule has 96 valence electrons. The predicted octanol–water partition coefficient (Wildman–Crippen LogP) is 1.91. The molecule has 0 spiro atoms. The molecule has 2 unspecified atom stereocenters. The van der Waals surface area contributed by atoms with Crippen molar-refractivity contribution in [1.29, 1.82) is 0 Å². The van der Waals surface area contributed by atoms with E-state index < -0.39 is 0 Å². The van der Waals surface area contributed by atoms with Gasteiger partial charge in [0.05, 0.1) is 0 Å². The molecule has 3 heteroatoms. The van der Waals surface area contributed by atoms with Gasteiger partial charge in [-0.05, 0) is 18.9 Å². The first-order chi connectivity index (χ1) is 8.59. The van der Waals surface area contributed by atoms with Gasteiger partial charge in [-0.15, -0.1) is 0 Å². The highest BCUT2D eigenvalue weighted by Crippen LogP contribution is 2.27. The molecule has 1 saturated heterocycles. The number of piperidine rings is 1. The van der Waals surface area contributed by atoms with Crippen molar-refractivity contribution in [3.63, 3.8) is 0 Å². The first-order valence-corrected chi connectivity index (χ1v) is 6.35. The minimum atomic E-state index is 0.00412. The molecule has 0 aliphatic carbocycles. The Balaban J connectivity index is 2.05. The SMILES string of the molecule is C=C(C)C(=O)N1CCC(c2ccccc2)C(N)C1. The Morgan fingerprint density at radius 3 is 2.61 bits per heavy atom. The van der Waals surface area contributed by atoms with Crippen LogP contribution >= 0.6 is 0 Å². The third kappa shape index (κ3) is 2.62. The molecule has 0 saturated carbocycles. The number of hydrogen-bond donors (Lipinski definition) is 1. The van der Waals surface area contributed by atoms with E-state index in [9.17, 15) is 4.79 Å². The summed E-state index contributed by atoms with van der Waals surface area (Å²) in [6.07, 6.45) is 0.921. The molecule has 1 aromatic rings. The molecular formula is C15H20N2O. The summed E-state index contributed by atoms with van der Waals surface area (Å²) in [5, 5.41) is 0. The second-order valence-corrected chi connectivity index (χ2v) is 5.00. The Morgan fingerprint density at radius 1 is 1.39 bits per heavy atom. The fraction of sp³-hybridized carbons (Fsp3) is 0.400. The molecule has 0 radical (unpaired) electrons. The van der Waals surface area contributed by atoms with Gasteiger partial charge < -0.3 is 10.6 Å². The first-order valence-electron chi connectivity index (χ1n) is 6.35. The molecule has 1 aliphatic heterocycles. The Labute approximate surface area is 108 Å². The average Bonchev–Trinajstić information content (AvgIpc) is 2.38. The third-order valence-electron chi connectivity index (χ3n) is 3.54. The van der Waals surface area contributed by atoms with Gasteiger partial charge in [0.2, 0.25) is 5.91 Å². The summed E-state index contributed by atoms with van der Waals surface area (Å²) in [5.74, 6) is 0.373. The zero-order chi connectivity index (χ0) is 13.1. The van der Waals surface area contributed by atoms with E-state index in [1.165, 1.54) is 5.56 Å². The van der Waals surface area contributed by atoms with Crippen molar-refractivity contribution in [2.24, 2.45) is 5.73 Å². The van der Waals surface area contributed by atoms with Crippen LogP contribution in [0.5, 0.6) is 0 Å². The van der Waals surface area contributed by atoms with Crippen molar-refractivity contribution in [2.45, 2.75) is 25.3 Å². The zero-order valence-corrected chi connectivity index (χ0v) is 10.8. The minimum Gasteiger partial charge on any atom is -0.337 e. The molecule has 1 aromatic carbocycles. The lowest BCUT2D eigenvalue weighted by atomic mass is 9.85. The van der Waals surface area contributed by atoms with Crippen molar-refractivity contribution in [2.75, 3.05) is 13.1 Å². The van der Waals surface area contributed by atoms with Crippen molar-refractivity contribution < 1.29 is 4.79 Å². The molecule has 2 N–H and O–H groups in total. The maximum Gasteiger partial charge on any atom is 0.248 e. The fourth-order valence-corrected chi connectivity index (χ4v) is 2.55. The van der Waals surface area contributed by atoms with E-state index >= 15 is 0 Å². The number of carbonyl (C=O) groups excluding carboxylic acids is 1. The van der Waals surface area contributed by atoms with Crippen LogP contribution in [0.25, 0.3) is 0 Å². The maximum absolute atomic E-state index is 11.9. The van der Waals surface area contributed by atoms with E-state index in [0.717, 1.165) is 13.0 Å². The van der Waals surface area contributed by atoms with Gasteiger partial charge in [-0.2, -0.15) is 0 Å². The van der Waals surface area contributed by atoms with Gasteiger partial charge in [0.25, 0.3) is 0 Å². The quantitative estimate of drug-likeness (QED) is 0.808. The zero-order valence-electron chi connectivity index (χ0n) is 10.8. The Morgan fingerprint density at radius 2 is 2.06 bits per heavy atom. The van der Waals surface area contributed by atoms with Crippen LogP contribution < -0.4 is 5.73 Å². The normalized spacial score (nSPS) is 23.8. The van der Waals surface area contributed by atoms with Crippen LogP contribution in [0.15, 0.2) is 42.5 Å². The van der Waals surface area contributed by atoms with E-state index in [-0.39, 0.29) is 11.9 Å². The molecule has 1 amide bonds. The second kappa shape index (κ2) is 5.36. The number of nitrogens with two attached hydrogens (primary N) is 1. The lowest BCUT2D eigenvalue weighted by Crippen LogP contribution is -2.49. The van der Waals surface area contributed by atoms with Gasteiger partial charge in [0, 0.05) is 30.6 Å².